The standard InChI is InChI=1S/C24H31BF2N2O4/c1-15-5-8-21(26)20(11-15)19-7-6-17(14-22(19)27)29(2)18-12-16(13-18)24(28,23(30)31)9-3-4-10-25(32)33/h5-8,11,14,16,18,32-33H,3-4,9-10,12-13,28H2,1-2H3,(H,30,31)/t16-,18-,24-/m0/s1. The minimum absolute atomic E-state index is 0.0116. The van der Waals surface area contributed by atoms with Gasteiger partial charge in [-0.25, -0.2) is 8.78 Å². The van der Waals surface area contributed by atoms with Gasteiger partial charge in [0, 0.05) is 29.9 Å². The summed E-state index contributed by atoms with van der Waals surface area (Å²) in [6.45, 7) is 1.82. The molecule has 6 nitrogen and oxygen atoms in total. The highest BCUT2D eigenvalue weighted by molar-refractivity contribution is 6.40. The molecule has 0 aliphatic heterocycles. The van der Waals surface area contributed by atoms with E-state index in [2.05, 4.69) is 0 Å². The summed E-state index contributed by atoms with van der Waals surface area (Å²) in [5.74, 6) is -2.30. The molecule has 0 radical (unpaired) electrons. The van der Waals surface area contributed by atoms with Gasteiger partial charge in [-0.1, -0.05) is 24.5 Å². The highest BCUT2D eigenvalue weighted by Gasteiger charge is 2.49. The first kappa shape index (κ1) is 25.1. The minimum Gasteiger partial charge on any atom is -0.480 e. The SMILES string of the molecule is Cc1ccc(F)c(-c2ccc(N(C)[C@H]3C[C@H]([C@@](N)(CCCCB(O)O)C(=O)O)C3)cc2F)c1. The second-order valence-electron chi connectivity index (χ2n) is 9.15. The van der Waals surface area contributed by atoms with Crippen molar-refractivity contribution in [3.63, 3.8) is 0 Å². The van der Waals surface area contributed by atoms with Crippen LogP contribution in [-0.2, 0) is 4.79 Å². The van der Waals surface area contributed by atoms with E-state index in [0.717, 1.165) is 5.56 Å². The van der Waals surface area contributed by atoms with Crippen LogP contribution in [0.4, 0.5) is 14.5 Å². The lowest BCUT2D eigenvalue weighted by atomic mass is 9.65. The molecule has 0 unspecified atom stereocenters. The molecule has 0 bridgehead atoms. The Morgan fingerprint density at radius 3 is 2.42 bits per heavy atom. The number of aryl methyl sites for hydroxylation is 1. The van der Waals surface area contributed by atoms with Crippen LogP contribution in [-0.4, -0.2) is 46.9 Å². The first-order chi connectivity index (χ1) is 15.5. The predicted molar refractivity (Wildman–Crippen MR) is 125 cm³/mol. The van der Waals surface area contributed by atoms with Crippen LogP contribution in [0.25, 0.3) is 11.1 Å². The monoisotopic (exact) mass is 460 g/mol. The zero-order chi connectivity index (χ0) is 24.3. The van der Waals surface area contributed by atoms with E-state index in [4.69, 9.17) is 15.8 Å². The highest BCUT2D eigenvalue weighted by Crippen LogP contribution is 2.42. The fraction of sp³-hybridized carbons (Fsp3) is 0.458. The number of hydrogen-bond acceptors (Lipinski definition) is 5. The van der Waals surface area contributed by atoms with Gasteiger partial charge in [0.25, 0.3) is 0 Å². The summed E-state index contributed by atoms with van der Waals surface area (Å²) < 4.78 is 29.1. The Labute approximate surface area is 193 Å². The molecule has 178 valence electrons. The average molecular weight is 460 g/mol. The van der Waals surface area contributed by atoms with Crippen molar-refractivity contribution in [2.75, 3.05) is 11.9 Å². The zero-order valence-electron chi connectivity index (χ0n) is 19.0. The first-order valence-electron chi connectivity index (χ1n) is 11.2. The number of nitrogens with zero attached hydrogens (tertiary/aromatic N) is 1. The quantitative estimate of drug-likeness (QED) is 0.319. The predicted octanol–water partition coefficient (Wildman–Crippen LogP) is 3.58. The maximum atomic E-state index is 14.9. The molecule has 2 aromatic carbocycles. The van der Waals surface area contributed by atoms with Crippen molar-refractivity contribution >= 4 is 18.8 Å². The molecule has 1 fully saturated rings. The van der Waals surface area contributed by atoms with Crippen LogP contribution in [0.15, 0.2) is 36.4 Å². The van der Waals surface area contributed by atoms with Crippen LogP contribution in [0.5, 0.6) is 0 Å². The van der Waals surface area contributed by atoms with Crippen molar-refractivity contribution < 1.29 is 28.7 Å². The molecule has 3 rings (SSSR count). The molecule has 0 aromatic heterocycles. The molecular weight excluding hydrogens is 429 g/mol. The average Bonchev–Trinajstić information content (AvgIpc) is 2.71. The van der Waals surface area contributed by atoms with Gasteiger partial charge in [0.05, 0.1) is 0 Å². The van der Waals surface area contributed by atoms with Crippen molar-refractivity contribution in [2.45, 2.75) is 56.9 Å². The Morgan fingerprint density at radius 2 is 1.82 bits per heavy atom. The van der Waals surface area contributed by atoms with E-state index < -0.39 is 30.3 Å². The molecule has 9 heteroatoms. The summed E-state index contributed by atoms with van der Waals surface area (Å²) in [5, 5.41) is 27.6. The van der Waals surface area contributed by atoms with Crippen LogP contribution in [0.1, 0.15) is 37.7 Å². The molecule has 0 spiro atoms. The summed E-state index contributed by atoms with van der Waals surface area (Å²) in [4.78, 5) is 13.8. The van der Waals surface area contributed by atoms with E-state index in [1.165, 1.54) is 12.1 Å². The highest BCUT2D eigenvalue weighted by atomic mass is 19.1. The lowest BCUT2D eigenvalue weighted by Gasteiger charge is -2.48. The van der Waals surface area contributed by atoms with Crippen LogP contribution in [0.3, 0.4) is 0 Å². The Morgan fingerprint density at radius 1 is 1.12 bits per heavy atom. The van der Waals surface area contributed by atoms with Crippen LogP contribution < -0.4 is 10.6 Å². The van der Waals surface area contributed by atoms with Crippen LogP contribution in [0, 0.1) is 24.5 Å². The summed E-state index contributed by atoms with van der Waals surface area (Å²) >= 11 is 0. The summed E-state index contributed by atoms with van der Waals surface area (Å²) in [5.41, 5.74) is 6.76. The number of carboxylic acids is 1. The molecule has 1 saturated carbocycles. The number of anilines is 1. The lowest BCUT2D eigenvalue weighted by molar-refractivity contribution is -0.147. The molecule has 5 N–H and O–H groups in total. The van der Waals surface area contributed by atoms with E-state index in [-0.39, 0.29) is 35.8 Å². The second-order valence-corrected chi connectivity index (χ2v) is 9.15. The van der Waals surface area contributed by atoms with Gasteiger partial charge in [-0.2, -0.15) is 0 Å². The Balaban J connectivity index is 1.66. The molecule has 33 heavy (non-hydrogen) atoms. The van der Waals surface area contributed by atoms with Crippen molar-refractivity contribution in [1.29, 1.82) is 0 Å². The molecular formula is C24H31BF2N2O4. The van der Waals surface area contributed by atoms with Gasteiger partial charge in [0.1, 0.15) is 17.2 Å². The van der Waals surface area contributed by atoms with Crippen LogP contribution in [0.2, 0.25) is 6.32 Å². The zero-order valence-corrected chi connectivity index (χ0v) is 19.0. The van der Waals surface area contributed by atoms with E-state index >= 15 is 0 Å². The molecule has 2 aromatic rings. The number of aliphatic carboxylic acids is 1. The van der Waals surface area contributed by atoms with Gasteiger partial charge in [-0.15, -0.1) is 0 Å². The number of unbranched alkanes of at least 4 members (excludes halogenated alkanes) is 1. The maximum absolute atomic E-state index is 14.9. The number of carboxylic acid groups (broad SMARTS) is 1. The van der Waals surface area contributed by atoms with Gasteiger partial charge < -0.3 is 25.8 Å². The van der Waals surface area contributed by atoms with Crippen molar-refractivity contribution in [2.24, 2.45) is 11.7 Å². The fourth-order valence-corrected chi connectivity index (χ4v) is 4.55. The number of halogens is 2. The largest absolute Gasteiger partial charge is 0.480 e. The summed E-state index contributed by atoms with van der Waals surface area (Å²) in [6.07, 6.45) is 2.50. The smallest absolute Gasteiger partial charge is 0.451 e. The van der Waals surface area contributed by atoms with E-state index in [1.54, 1.807) is 24.3 Å². The number of benzene rings is 2. The van der Waals surface area contributed by atoms with Crippen LogP contribution >= 0.6 is 0 Å². The summed E-state index contributed by atoms with van der Waals surface area (Å²) in [6, 6.07) is 9.26. The Kier molecular flexibility index (Phi) is 7.77. The Bertz CT molecular complexity index is 1000. The molecule has 1 atom stereocenters. The van der Waals surface area contributed by atoms with Crippen molar-refractivity contribution in [1.82, 2.24) is 0 Å². The maximum Gasteiger partial charge on any atom is 0.451 e. The lowest BCUT2D eigenvalue weighted by Crippen LogP contribution is -2.61. The number of rotatable bonds is 10. The third kappa shape index (κ3) is 5.54. The van der Waals surface area contributed by atoms with Gasteiger partial charge in [0.2, 0.25) is 0 Å². The normalized spacial score (nSPS) is 19.5. The van der Waals surface area contributed by atoms with E-state index in [9.17, 15) is 18.7 Å². The molecule has 1 aliphatic rings. The second kappa shape index (κ2) is 10.2. The van der Waals surface area contributed by atoms with Crippen molar-refractivity contribution in [3.8, 4) is 11.1 Å². The van der Waals surface area contributed by atoms with Gasteiger partial charge in [-0.05, 0) is 68.8 Å². The van der Waals surface area contributed by atoms with E-state index in [1.807, 2.05) is 18.9 Å². The van der Waals surface area contributed by atoms with Gasteiger partial charge >= 0.3 is 13.1 Å². The topological polar surface area (TPSA) is 107 Å². The fourth-order valence-electron chi connectivity index (χ4n) is 4.55. The number of nitrogens with two attached hydrogens (primary N) is 1. The third-order valence-electron chi connectivity index (χ3n) is 6.86. The van der Waals surface area contributed by atoms with Crippen molar-refractivity contribution in [3.05, 3.63) is 53.6 Å². The molecule has 0 saturated heterocycles. The molecule has 0 amide bonds. The number of carbonyl (C=O) groups is 1. The molecule has 1 aliphatic carbocycles. The van der Waals surface area contributed by atoms with E-state index in [0.29, 0.717) is 31.4 Å². The Hall–Kier alpha value is -2.49. The van der Waals surface area contributed by atoms with Gasteiger partial charge in [-0.3, -0.25) is 4.79 Å². The number of hydrogen-bond donors (Lipinski definition) is 4. The third-order valence-corrected chi connectivity index (χ3v) is 6.86. The first-order valence-corrected chi connectivity index (χ1v) is 11.2. The molecule has 0 heterocycles. The summed E-state index contributed by atoms with van der Waals surface area (Å²) in [7, 11) is 0.419. The minimum atomic E-state index is -1.40. The van der Waals surface area contributed by atoms with Gasteiger partial charge in [0.15, 0.2) is 0 Å².